The fourth-order valence-electron chi connectivity index (χ4n) is 2.26. The molecule has 0 aromatic carbocycles. The van der Waals surface area contributed by atoms with E-state index in [2.05, 4.69) is 26.9 Å². The monoisotopic (exact) mass is 286 g/mol. The van der Waals surface area contributed by atoms with Crippen LogP contribution in [-0.4, -0.2) is 31.2 Å². The van der Waals surface area contributed by atoms with Crippen molar-refractivity contribution in [3.05, 3.63) is 36.2 Å². The molecule has 0 aliphatic rings. The maximum absolute atomic E-state index is 5.98. The number of aromatic nitrogens is 4. The van der Waals surface area contributed by atoms with Crippen LogP contribution >= 0.6 is 0 Å². The molecule has 0 amide bonds. The summed E-state index contributed by atoms with van der Waals surface area (Å²) in [6.07, 6.45) is 3.37. The van der Waals surface area contributed by atoms with Crippen molar-refractivity contribution < 1.29 is 4.42 Å². The van der Waals surface area contributed by atoms with E-state index < -0.39 is 0 Å². The van der Waals surface area contributed by atoms with Crippen molar-refractivity contribution in [1.29, 1.82) is 0 Å². The zero-order valence-corrected chi connectivity index (χ0v) is 12.2. The van der Waals surface area contributed by atoms with Crippen LogP contribution in [-0.2, 0) is 20.1 Å². The molecule has 0 atom stereocenters. The number of aryl methyl sites for hydroxylation is 1. The summed E-state index contributed by atoms with van der Waals surface area (Å²) in [5.74, 6) is 2.08. The first-order valence-corrected chi connectivity index (χ1v) is 6.86. The summed E-state index contributed by atoms with van der Waals surface area (Å²) in [6.45, 7) is 4.29. The number of hydrogen-bond acceptors (Lipinski definition) is 6. The van der Waals surface area contributed by atoms with Gasteiger partial charge in [-0.2, -0.15) is 5.10 Å². The van der Waals surface area contributed by atoms with Crippen LogP contribution in [0.15, 0.2) is 29.0 Å². The van der Waals surface area contributed by atoms with Gasteiger partial charge in [0.25, 0.3) is 0 Å². The first-order chi connectivity index (χ1) is 10.2. The molecular weight excluding hydrogens is 268 g/mol. The lowest BCUT2D eigenvalue weighted by atomic mass is 10.3. The second-order valence-corrected chi connectivity index (χ2v) is 4.91. The van der Waals surface area contributed by atoms with Gasteiger partial charge in [0.1, 0.15) is 17.4 Å². The maximum atomic E-state index is 5.98. The molecule has 110 valence electrons. The number of nitrogen functional groups attached to an aromatic ring is 1. The quantitative estimate of drug-likeness (QED) is 0.766. The van der Waals surface area contributed by atoms with E-state index in [9.17, 15) is 0 Å². The molecule has 3 aromatic rings. The number of furan rings is 1. The SMILES string of the molecule is CCN(Cc1nc(N)c2cnn(C)c2n1)Cc1ccco1. The molecule has 0 radical (unpaired) electrons. The topological polar surface area (TPSA) is 86.0 Å². The van der Waals surface area contributed by atoms with Gasteiger partial charge in [-0.1, -0.05) is 6.92 Å². The molecule has 7 heteroatoms. The smallest absolute Gasteiger partial charge is 0.163 e. The van der Waals surface area contributed by atoms with Crippen LogP contribution in [0.2, 0.25) is 0 Å². The van der Waals surface area contributed by atoms with Crippen LogP contribution in [0.3, 0.4) is 0 Å². The summed E-state index contributed by atoms with van der Waals surface area (Å²) in [6, 6.07) is 3.85. The van der Waals surface area contributed by atoms with Crippen LogP contribution in [0, 0.1) is 0 Å². The lowest BCUT2D eigenvalue weighted by molar-refractivity contribution is 0.242. The van der Waals surface area contributed by atoms with Gasteiger partial charge in [0.15, 0.2) is 5.65 Å². The molecule has 0 spiro atoms. The van der Waals surface area contributed by atoms with Gasteiger partial charge in [0.05, 0.1) is 30.9 Å². The molecule has 3 aromatic heterocycles. The average molecular weight is 286 g/mol. The van der Waals surface area contributed by atoms with E-state index in [-0.39, 0.29) is 0 Å². The van der Waals surface area contributed by atoms with Crippen LogP contribution in [0.25, 0.3) is 11.0 Å². The van der Waals surface area contributed by atoms with Crippen LogP contribution < -0.4 is 5.73 Å². The Hall–Kier alpha value is -2.41. The zero-order chi connectivity index (χ0) is 14.8. The highest BCUT2D eigenvalue weighted by molar-refractivity contribution is 5.84. The molecule has 3 rings (SSSR count). The van der Waals surface area contributed by atoms with E-state index in [0.29, 0.717) is 18.2 Å². The molecule has 0 aliphatic heterocycles. The molecule has 0 unspecified atom stereocenters. The number of rotatable bonds is 5. The third-order valence-corrected chi connectivity index (χ3v) is 3.44. The Morgan fingerprint density at radius 2 is 2.19 bits per heavy atom. The molecule has 2 N–H and O–H groups in total. The largest absolute Gasteiger partial charge is 0.468 e. The molecule has 0 fully saturated rings. The fourth-order valence-corrected chi connectivity index (χ4v) is 2.26. The summed E-state index contributed by atoms with van der Waals surface area (Å²) in [5, 5.41) is 4.95. The van der Waals surface area contributed by atoms with Gasteiger partial charge in [-0.25, -0.2) is 9.97 Å². The molecule has 0 saturated heterocycles. The molecular formula is C14H18N6O. The van der Waals surface area contributed by atoms with Crippen molar-refractivity contribution in [2.24, 2.45) is 7.05 Å². The van der Waals surface area contributed by atoms with Crippen molar-refractivity contribution in [3.8, 4) is 0 Å². The normalized spacial score (nSPS) is 11.6. The van der Waals surface area contributed by atoms with E-state index in [4.69, 9.17) is 10.2 Å². The number of hydrogen-bond donors (Lipinski definition) is 1. The predicted molar refractivity (Wildman–Crippen MR) is 79.2 cm³/mol. The third-order valence-electron chi connectivity index (χ3n) is 3.44. The highest BCUT2D eigenvalue weighted by atomic mass is 16.3. The Bertz CT molecular complexity index is 733. The van der Waals surface area contributed by atoms with E-state index in [1.54, 1.807) is 17.1 Å². The summed E-state index contributed by atoms with van der Waals surface area (Å²) >= 11 is 0. The average Bonchev–Trinajstić information content (AvgIpc) is 3.09. The molecule has 0 saturated carbocycles. The minimum Gasteiger partial charge on any atom is -0.468 e. The Morgan fingerprint density at radius 1 is 1.33 bits per heavy atom. The number of nitrogens with zero attached hydrogens (tertiary/aromatic N) is 5. The van der Waals surface area contributed by atoms with Crippen molar-refractivity contribution in [2.45, 2.75) is 20.0 Å². The molecule has 0 bridgehead atoms. The van der Waals surface area contributed by atoms with Gasteiger partial charge in [-0.3, -0.25) is 9.58 Å². The second kappa shape index (κ2) is 5.53. The van der Waals surface area contributed by atoms with E-state index in [0.717, 1.165) is 29.9 Å². The lowest BCUT2D eigenvalue weighted by Crippen LogP contribution is -2.23. The maximum Gasteiger partial charge on any atom is 0.163 e. The van der Waals surface area contributed by atoms with Crippen molar-refractivity contribution in [2.75, 3.05) is 12.3 Å². The van der Waals surface area contributed by atoms with Gasteiger partial charge in [-0.15, -0.1) is 0 Å². The first kappa shape index (κ1) is 13.6. The minimum absolute atomic E-state index is 0.470. The lowest BCUT2D eigenvalue weighted by Gasteiger charge is -2.18. The van der Waals surface area contributed by atoms with E-state index in [1.165, 1.54) is 0 Å². The van der Waals surface area contributed by atoms with Gasteiger partial charge in [0, 0.05) is 7.05 Å². The predicted octanol–water partition coefficient (Wildman–Crippen LogP) is 1.56. The van der Waals surface area contributed by atoms with Crippen molar-refractivity contribution >= 4 is 16.9 Å². The Morgan fingerprint density at radius 3 is 2.90 bits per heavy atom. The van der Waals surface area contributed by atoms with E-state index >= 15 is 0 Å². The number of nitrogens with two attached hydrogens (primary N) is 1. The molecule has 7 nitrogen and oxygen atoms in total. The summed E-state index contributed by atoms with van der Waals surface area (Å²) in [7, 11) is 1.85. The summed E-state index contributed by atoms with van der Waals surface area (Å²) in [5.41, 5.74) is 6.74. The minimum atomic E-state index is 0.470. The van der Waals surface area contributed by atoms with Gasteiger partial charge in [-0.05, 0) is 18.7 Å². The third kappa shape index (κ3) is 2.73. The van der Waals surface area contributed by atoms with Gasteiger partial charge in [0.2, 0.25) is 0 Å². The van der Waals surface area contributed by atoms with Gasteiger partial charge >= 0.3 is 0 Å². The van der Waals surface area contributed by atoms with Crippen LogP contribution in [0.5, 0.6) is 0 Å². The molecule has 0 aliphatic carbocycles. The molecule has 21 heavy (non-hydrogen) atoms. The summed E-state index contributed by atoms with van der Waals surface area (Å²) in [4.78, 5) is 11.1. The van der Waals surface area contributed by atoms with Crippen molar-refractivity contribution in [1.82, 2.24) is 24.6 Å². The second-order valence-electron chi connectivity index (χ2n) is 4.91. The number of anilines is 1. The fraction of sp³-hybridized carbons (Fsp3) is 0.357. The molecule has 3 heterocycles. The van der Waals surface area contributed by atoms with Crippen LogP contribution in [0.4, 0.5) is 5.82 Å². The Labute approximate surface area is 122 Å². The Balaban J connectivity index is 1.84. The highest BCUT2D eigenvalue weighted by Crippen LogP contribution is 2.17. The first-order valence-electron chi connectivity index (χ1n) is 6.86. The highest BCUT2D eigenvalue weighted by Gasteiger charge is 2.13. The zero-order valence-electron chi connectivity index (χ0n) is 12.2. The van der Waals surface area contributed by atoms with Crippen molar-refractivity contribution in [3.63, 3.8) is 0 Å². The van der Waals surface area contributed by atoms with Crippen LogP contribution in [0.1, 0.15) is 18.5 Å². The van der Waals surface area contributed by atoms with E-state index in [1.807, 2.05) is 19.2 Å². The summed E-state index contributed by atoms with van der Waals surface area (Å²) < 4.78 is 7.09. The van der Waals surface area contributed by atoms with Gasteiger partial charge < -0.3 is 10.2 Å². The standard InChI is InChI=1S/C14H18N6O/c1-3-20(8-10-5-4-6-21-10)9-12-17-13(15)11-7-16-19(2)14(11)18-12/h4-7H,3,8-9H2,1-2H3,(H2,15,17,18). The number of fused-ring (bicyclic) bond motifs is 1. The Kier molecular flexibility index (Phi) is 3.57.